The molecule has 0 radical (unpaired) electrons. The highest BCUT2D eigenvalue weighted by atomic mass is 16.5. The number of hydrogen-bond donors (Lipinski definition) is 2. The zero-order chi connectivity index (χ0) is 22.2. The molecule has 4 rings (SSSR count). The van der Waals surface area contributed by atoms with Gasteiger partial charge in [0, 0.05) is 34.8 Å². The standard InChI is InChI=1S/C26H21N3O3/c30-25(20-10-5-2-6-11-20)28-22-12-7-13-23(17-22)29-26(31)21-14-15-27-24(16-21)32-18-19-8-3-1-4-9-19/h1-17H,18H2,(H,28,30)(H,29,31). The third-order valence-corrected chi connectivity index (χ3v) is 4.64. The largest absolute Gasteiger partial charge is 0.473 e. The van der Waals surface area contributed by atoms with Crippen LogP contribution in [0.15, 0.2) is 103 Å². The Kier molecular flexibility index (Phi) is 6.53. The van der Waals surface area contributed by atoms with E-state index in [0.717, 1.165) is 5.56 Å². The first-order valence-corrected chi connectivity index (χ1v) is 10.1. The molecule has 6 nitrogen and oxygen atoms in total. The van der Waals surface area contributed by atoms with Gasteiger partial charge in [-0.15, -0.1) is 0 Å². The molecular weight excluding hydrogens is 402 g/mol. The van der Waals surface area contributed by atoms with Gasteiger partial charge in [0.15, 0.2) is 0 Å². The van der Waals surface area contributed by atoms with Gasteiger partial charge in [-0.2, -0.15) is 0 Å². The van der Waals surface area contributed by atoms with Crippen molar-refractivity contribution in [1.29, 1.82) is 0 Å². The molecule has 1 aromatic heterocycles. The van der Waals surface area contributed by atoms with Crippen LogP contribution in [0.1, 0.15) is 26.3 Å². The van der Waals surface area contributed by atoms with Crippen molar-refractivity contribution in [3.8, 4) is 5.88 Å². The van der Waals surface area contributed by atoms with Crippen LogP contribution in [0, 0.1) is 0 Å². The van der Waals surface area contributed by atoms with Crippen LogP contribution in [0.25, 0.3) is 0 Å². The smallest absolute Gasteiger partial charge is 0.255 e. The summed E-state index contributed by atoms with van der Waals surface area (Å²) in [5.74, 6) is -0.155. The maximum atomic E-state index is 12.7. The molecule has 0 atom stereocenters. The topological polar surface area (TPSA) is 80.3 Å². The van der Waals surface area contributed by atoms with Crippen molar-refractivity contribution >= 4 is 23.2 Å². The van der Waals surface area contributed by atoms with Gasteiger partial charge in [0.25, 0.3) is 11.8 Å². The first kappa shape index (κ1) is 20.8. The lowest BCUT2D eigenvalue weighted by atomic mass is 10.2. The highest BCUT2D eigenvalue weighted by Gasteiger charge is 2.10. The first-order valence-electron chi connectivity index (χ1n) is 10.1. The second-order valence-electron chi connectivity index (χ2n) is 7.01. The summed E-state index contributed by atoms with van der Waals surface area (Å²) in [7, 11) is 0. The van der Waals surface area contributed by atoms with Gasteiger partial charge >= 0.3 is 0 Å². The normalized spacial score (nSPS) is 10.2. The number of anilines is 2. The molecule has 0 aliphatic rings. The van der Waals surface area contributed by atoms with Gasteiger partial charge in [-0.3, -0.25) is 9.59 Å². The summed E-state index contributed by atoms with van der Waals surface area (Å²) in [6.07, 6.45) is 1.53. The van der Waals surface area contributed by atoms with E-state index in [9.17, 15) is 9.59 Å². The van der Waals surface area contributed by atoms with Crippen molar-refractivity contribution in [2.45, 2.75) is 6.61 Å². The average molecular weight is 423 g/mol. The van der Waals surface area contributed by atoms with Crippen LogP contribution >= 0.6 is 0 Å². The number of aromatic nitrogens is 1. The highest BCUT2D eigenvalue weighted by Crippen LogP contribution is 2.18. The van der Waals surface area contributed by atoms with E-state index in [1.807, 2.05) is 36.4 Å². The van der Waals surface area contributed by atoms with E-state index in [1.54, 1.807) is 60.7 Å². The van der Waals surface area contributed by atoms with E-state index < -0.39 is 0 Å². The van der Waals surface area contributed by atoms with Crippen molar-refractivity contribution in [2.75, 3.05) is 10.6 Å². The first-order chi connectivity index (χ1) is 15.7. The minimum atomic E-state index is -0.302. The molecule has 0 aliphatic carbocycles. The molecule has 3 aromatic carbocycles. The van der Waals surface area contributed by atoms with Gasteiger partial charge in [-0.05, 0) is 42.0 Å². The Labute approximate surface area is 185 Å². The van der Waals surface area contributed by atoms with Crippen LogP contribution in [-0.2, 0) is 6.61 Å². The number of carbonyl (C=O) groups excluding carboxylic acids is 2. The van der Waals surface area contributed by atoms with E-state index in [4.69, 9.17) is 4.74 Å². The number of rotatable bonds is 7. The second kappa shape index (κ2) is 10.0. The molecule has 158 valence electrons. The Bertz CT molecular complexity index is 1210. The number of benzene rings is 3. The molecule has 0 bridgehead atoms. The van der Waals surface area contributed by atoms with Gasteiger partial charge in [-0.1, -0.05) is 54.6 Å². The fourth-order valence-corrected chi connectivity index (χ4v) is 3.03. The van der Waals surface area contributed by atoms with E-state index >= 15 is 0 Å². The number of nitrogens with one attached hydrogen (secondary N) is 2. The number of nitrogens with zero attached hydrogens (tertiary/aromatic N) is 1. The molecule has 0 saturated carbocycles. The van der Waals surface area contributed by atoms with Crippen molar-refractivity contribution in [3.05, 3.63) is 120 Å². The third kappa shape index (κ3) is 5.58. The molecule has 2 N–H and O–H groups in total. The predicted molar refractivity (Wildman–Crippen MR) is 124 cm³/mol. The van der Waals surface area contributed by atoms with Gasteiger partial charge < -0.3 is 15.4 Å². The molecular formula is C26H21N3O3. The lowest BCUT2D eigenvalue weighted by molar-refractivity contribution is 0.101. The fraction of sp³-hybridized carbons (Fsp3) is 0.0385. The monoisotopic (exact) mass is 423 g/mol. The molecule has 0 spiro atoms. The summed E-state index contributed by atoms with van der Waals surface area (Å²) in [5.41, 5.74) is 3.13. The van der Waals surface area contributed by atoms with E-state index in [2.05, 4.69) is 15.6 Å². The van der Waals surface area contributed by atoms with Gasteiger partial charge in [0.1, 0.15) is 6.61 Å². The highest BCUT2D eigenvalue weighted by molar-refractivity contribution is 6.06. The van der Waals surface area contributed by atoms with Crippen molar-refractivity contribution < 1.29 is 14.3 Å². The number of carbonyl (C=O) groups is 2. The Morgan fingerprint density at radius 1 is 0.688 bits per heavy atom. The summed E-state index contributed by atoms with van der Waals surface area (Å²) < 4.78 is 5.70. The lowest BCUT2D eigenvalue weighted by Crippen LogP contribution is -2.14. The number of amides is 2. The average Bonchev–Trinajstić information content (AvgIpc) is 2.84. The maximum Gasteiger partial charge on any atom is 0.255 e. The lowest BCUT2D eigenvalue weighted by Gasteiger charge is -2.10. The fourth-order valence-electron chi connectivity index (χ4n) is 3.03. The Morgan fingerprint density at radius 2 is 1.31 bits per heavy atom. The predicted octanol–water partition coefficient (Wildman–Crippen LogP) is 5.17. The van der Waals surface area contributed by atoms with E-state index in [1.165, 1.54) is 6.20 Å². The second-order valence-corrected chi connectivity index (χ2v) is 7.01. The maximum absolute atomic E-state index is 12.7. The molecule has 0 fully saturated rings. The third-order valence-electron chi connectivity index (χ3n) is 4.64. The van der Waals surface area contributed by atoms with Crippen LogP contribution < -0.4 is 15.4 Å². The van der Waals surface area contributed by atoms with Gasteiger partial charge in [0.2, 0.25) is 5.88 Å². The summed E-state index contributed by atoms with van der Waals surface area (Å²) >= 11 is 0. The summed E-state index contributed by atoms with van der Waals surface area (Å²) in [6, 6.07) is 28.9. The van der Waals surface area contributed by atoms with Gasteiger partial charge in [-0.25, -0.2) is 4.98 Å². The molecule has 0 unspecified atom stereocenters. The van der Waals surface area contributed by atoms with E-state index in [-0.39, 0.29) is 11.8 Å². The van der Waals surface area contributed by atoms with Gasteiger partial charge in [0.05, 0.1) is 0 Å². The van der Waals surface area contributed by atoms with Crippen LogP contribution in [0.2, 0.25) is 0 Å². The quantitative estimate of drug-likeness (QED) is 0.430. The minimum absolute atomic E-state index is 0.219. The number of hydrogen-bond acceptors (Lipinski definition) is 4. The summed E-state index contributed by atoms with van der Waals surface area (Å²) in [4.78, 5) is 29.2. The Balaban J connectivity index is 1.39. The zero-order valence-electron chi connectivity index (χ0n) is 17.2. The van der Waals surface area contributed by atoms with Crippen molar-refractivity contribution in [1.82, 2.24) is 4.98 Å². The molecule has 32 heavy (non-hydrogen) atoms. The Morgan fingerprint density at radius 3 is 2.00 bits per heavy atom. The van der Waals surface area contributed by atoms with Crippen LogP contribution in [0.3, 0.4) is 0 Å². The van der Waals surface area contributed by atoms with E-state index in [0.29, 0.717) is 35.0 Å². The molecule has 0 aliphatic heterocycles. The molecule has 4 aromatic rings. The molecule has 6 heteroatoms. The SMILES string of the molecule is O=C(Nc1cccc(NC(=O)c2ccnc(OCc3ccccc3)c2)c1)c1ccccc1. The van der Waals surface area contributed by atoms with Crippen LogP contribution in [0.4, 0.5) is 11.4 Å². The number of ether oxygens (including phenoxy) is 1. The van der Waals surface area contributed by atoms with Crippen LogP contribution in [-0.4, -0.2) is 16.8 Å². The summed E-state index contributed by atoms with van der Waals surface area (Å²) in [6.45, 7) is 0.363. The summed E-state index contributed by atoms with van der Waals surface area (Å²) in [5, 5.41) is 5.67. The van der Waals surface area contributed by atoms with Crippen LogP contribution in [0.5, 0.6) is 5.88 Å². The number of pyridine rings is 1. The van der Waals surface area contributed by atoms with Crippen molar-refractivity contribution in [3.63, 3.8) is 0 Å². The molecule has 2 amide bonds. The Hall–Kier alpha value is -4.45. The van der Waals surface area contributed by atoms with Crippen molar-refractivity contribution in [2.24, 2.45) is 0 Å². The molecule has 0 saturated heterocycles. The molecule has 1 heterocycles. The zero-order valence-corrected chi connectivity index (χ0v) is 17.2. The minimum Gasteiger partial charge on any atom is -0.473 e.